The molecule has 106 valence electrons. The molecule has 1 aromatic heterocycles. The number of fused-ring (bicyclic) bond motifs is 1. The van der Waals surface area contributed by atoms with Crippen molar-refractivity contribution in [2.75, 3.05) is 11.1 Å². The molecule has 3 nitrogen and oxygen atoms in total. The second kappa shape index (κ2) is 6.47. The summed E-state index contributed by atoms with van der Waals surface area (Å²) in [6.07, 6.45) is 0. The molecule has 0 unspecified atom stereocenters. The summed E-state index contributed by atoms with van der Waals surface area (Å²) in [6.45, 7) is 0. The average Bonchev–Trinajstić information content (AvgIpc) is 2.88. The lowest BCUT2D eigenvalue weighted by molar-refractivity contribution is -0.113. The highest BCUT2D eigenvalue weighted by Crippen LogP contribution is 2.29. The van der Waals surface area contributed by atoms with Crippen LogP contribution in [-0.2, 0) is 4.79 Å². The highest BCUT2D eigenvalue weighted by molar-refractivity contribution is 8.01. The smallest absolute Gasteiger partial charge is 0.234 e. The van der Waals surface area contributed by atoms with Gasteiger partial charge in [-0.05, 0) is 30.3 Å². The maximum absolute atomic E-state index is 11.9. The molecule has 3 aromatic rings. The standard InChI is InChI=1S/C15H11ClN2OS2/c16-10-4-3-5-11(8-10)17-14(19)9-20-15-18-12-6-1-2-7-13(12)21-15/h1-8H,9H2,(H,17,19). The molecule has 21 heavy (non-hydrogen) atoms. The Morgan fingerprint density at radius 2 is 2.10 bits per heavy atom. The maximum atomic E-state index is 11.9. The van der Waals surface area contributed by atoms with E-state index in [9.17, 15) is 4.79 Å². The Balaban J connectivity index is 1.60. The van der Waals surface area contributed by atoms with E-state index in [1.165, 1.54) is 11.8 Å². The third-order valence-electron chi connectivity index (χ3n) is 2.71. The number of halogens is 1. The third kappa shape index (κ3) is 3.75. The van der Waals surface area contributed by atoms with Gasteiger partial charge in [0.15, 0.2) is 4.34 Å². The van der Waals surface area contributed by atoms with E-state index < -0.39 is 0 Å². The van der Waals surface area contributed by atoms with Crippen LogP contribution in [0.25, 0.3) is 10.2 Å². The molecule has 6 heteroatoms. The second-order valence-corrected chi connectivity index (χ2v) is 6.98. The summed E-state index contributed by atoms with van der Waals surface area (Å²) < 4.78 is 2.03. The van der Waals surface area contributed by atoms with Crippen molar-refractivity contribution in [2.45, 2.75) is 4.34 Å². The van der Waals surface area contributed by atoms with Crippen LogP contribution >= 0.6 is 34.7 Å². The van der Waals surface area contributed by atoms with Gasteiger partial charge in [0.05, 0.1) is 16.0 Å². The summed E-state index contributed by atoms with van der Waals surface area (Å²) in [6, 6.07) is 15.1. The van der Waals surface area contributed by atoms with Crippen LogP contribution in [0.5, 0.6) is 0 Å². The predicted molar refractivity (Wildman–Crippen MR) is 90.4 cm³/mol. The summed E-state index contributed by atoms with van der Waals surface area (Å²) in [7, 11) is 0. The van der Waals surface area contributed by atoms with Crippen LogP contribution in [0.1, 0.15) is 0 Å². The van der Waals surface area contributed by atoms with Gasteiger partial charge in [-0.3, -0.25) is 4.79 Å². The van der Waals surface area contributed by atoms with Crippen LogP contribution in [0, 0.1) is 0 Å². The van der Waals surface area contributed by atoms with Crippen LogP contribution in [0.3, 0.4) is 0 Å². The number of amides is 1. The molecule has 0 spiro atoms. The molecule has 3 rings (SSSR count). The number of benzene rings is 2. The summed E-state index contributed by atoms with van der Waals surface area (Å²) in [5.74, 6) is 0.258. The minimum atomic E-state index is -0.0680. The first kappa shape index (κ1) is 14.4. The second-order valence-electron chi connectivity index (χ2n) is 4.29. The maximum Gasteiger partial charge on any atom is 0.234 e. The number of nitrogens with zero attached hydrogens (tertiary/aromatic N) is 1. The van der Waals surface area contributed by atoms with Crippen molar-refractivity contribution in [3.8, 4) is 0 Å². The normalized spacial score (nSPS) is 10.7. The minimum absolute atomic E-state index is 0.0680. The van der Waals surface area contributed by atoms with Gasteiger partial charge in [-0.2, -0.15) is 0 Å². The van der Waals surface area contributed by atoms with Crippen molar-refractivity contribution in [3.05, 3.63) is 53.6 Å². The number of nitrogens with one attached hydrogen (secondary N) is 1. The van der Waals surface area contributed by atoms with Crippen molar-refractivity contribution in [1.82, 2.24) is 4.98 Å². The molecule has 0 saturated heterocycles. The van der Waals surface area contributed by atoms with Gasteiger partial charge in [0.2, 0.25) is 5.91 Å². The number of carbonyl (C=O) groups excluding carboxylic acids is 1. The molecule has 1 heterocycles. The number of rotatable bonds is 4. The zero-order chi connectivity index (χ0) is 14.7. The van der Waals surface area contributed by atoms with E-state index in [2.05, 4.69) is 10.3 Å². The van der Waals surface area contributed by atoms with Gasteiger partial charge < -0.3 is 5.32 Å². The Morgan fingerprint density at radius 1 is 1.24 bits per heavy atom. The van der Waals surface area contributed by atoms with Crippen molar-refractivity contribution >= 4 is 56.5 Å². The zero-order valence-electron chi connectivity index (χ0n) is 10.9. The molecular weight excluding hydrogens is 324 g/mol. The van der Waals surface area contributed by atoms with Crippen LogP contribution < -0.4 is 5.32 Å². The van der Waals surface area contributed by atoms with E-state index in [1.54, 1.807) is 29.5 Å². The van der Waals surface area contributed by atoms with Crippen LogP contribution in [0.4, 0.5) is 5.69 Å². The molecule has 1 amide bonds. The zero-order valence-corrected chi connectivity index (χ0v) is 13.3. The van der Waals surface area contributed by atoms with Crippen molar-refractivity contribution in [2.24, 2.45) is 0 Å². The number of carbonyl (C=O) groups is 1. The Labute approximate surface area is 135 Å². The molecule has 0 radical (unpaired) electrons. The lowest BCUT2D eigenvalue weighted by Gasteiger charge is -2.04. The van der Waals surface area contributed by atoms with E-state index in [0.717, 1.165) is 14.6 Å². The molecule has 0 atom stereocenters. The Hall–Kier alpha value is -1.56. The third-order valence-corrected chi connectivity index (χ3v) is 5.12. The SMILES string of the molecule is O=C(CSc1nc2ccccc2s1)Nc1cccc(Cl)c1. The Bertz CT molecular complexity index is 755. The molecule has 1 N–H and O–H groups in total. The summed E-state index contributed by atoms with van der Waals surface area (Å²) >= 11 is 8.92. The molecule has 0 fully saturated rings. The number of hydrogen-bond donors (Lipinski definition) is 1. The summed E-state index contributed by atoms with van der Waals surface area (Å²) in [4.78, 5) is 16.4. The van der Waals surface area contributed by atoms with Gasteiger partial charge in [0, 0.05) is 10.7 Å². The van der Waals surface area contributed by atoms with Crippen molar-refractivity contribution in [1.29, 1.82) is 0 Å². The first-order valence-corrected chi connectivity index (χ1v) is 8.42. The fraction of sp³-hybridized carbons (Fsp3) is 0.0667. The van der Waals surface area contributed by atoms with Gasteiger partial charge in [-0.1, -0.05) is 41.6 Å². The molecule has 0 saturated carbocycles. The highest BCUT2D eigenvalue weighted by atomic mass is 35.5. The van der Waals surface area contributed by atoms with Crippen LogP contribution in [0.2, 0.25) is 5.02 Å². The fourth-order valence-corrected chi connectivity index (χ4v) is 3.86. The number of anilines is 1. The molecule has 2 aromatic carbocycles. The molecule has 0 bridgehead atoms. The van der Waals surface area contributed by atoms with Crippen molar-refractivity contribution in [3.63, 3.8) is 0 Å². The molecule has 0 aliphatic heterocycles. The monoisotopic (exact) mass is 334 g/mol. The van der Waals surface area contributed by atoms with Gasteiger partial charge in [0.1, 0.15) is 0 Å². The topological polar surface area (TPSA) is 42.0 Å². The molecule has 0 aliphatic carbocycles. The quantitative estimate of drug-likeness (QED) is 0.704. The lowest BCUT2D eigenvalue weighted by atomic mass is 10.3. The van der Waals surface area contributed by atoms with Crippen LogP contribution in [0.15, 0.2) is 52.9 Å². The average molecular weight is 335 g/mol. The summed E-state index contributed by atoms with van der Waals surface area (Å²) in [5.41, 5.74) is 1.68. The van der Waals surface area contributed by atoms with Gasteiger partial charge in [-0.15, -0.1) is 11.3 Å². The van der Waals surface area contributed by atoms with Crippen LogP contribution in [-0.4, -0.2) is 16.6 Å². The Morgan fingerprint density at radius 3 is 2.90 bits per heavy atom. The van der Waals surface area contributed by atoms with E-state index in [4.69, 9.17) is 11.6 Å². The number of thioether (sulfide) groups is 1. The van der Waals surface area contributed by atoms with Gasteiger partial charge in [-0.25, -0.2) is 4.98 Å². The van der Waals surface area contributed by atoms with Gasteiger partial charge >= 0.3 is 0 Å². The molecular formula is C15H11ClN2OS2. The first-order chi connectivity index (χ1) is 10.2. The fourth-order valence-electron chi connectivity index (χ4n) is 1.80. The van der Waals surface area contributed by atoms with Crippen molar-refractivity contribution < 1.29 is 4.79 Å². The Kier molecular flexibility index (Phi) is 4.43. The number of aromatic nitrogens is 1. The lowest BCUT2D eigenvalue weighted by Crippen LogP contribution is -2.13. The first-order valence-electron chi connectivity index (χ1n) is 6.24. The van der Waals surface area contributed by atoms with E-state index in [0.29, 0.717) is 16.5 Å². The van der Waals surface area contributed by atoms with Gasteiger partial charge in [0.25, 0.3) is 0 Å². The predicted octanol–water partition coefficient (Wildman–Crippen LogP) is 4.68. The van der Waals surface area contributed by atoms with E-state index >= 15 is 0 Å². The van der Waals surface area contributed by atoms with E-state index in [-0.39, 0.29) is 5.91 Å². The highest BCUT2D eigenvalue weighted by Gasteiger charge is 2.08. The minimum Gasteiger partial charge on any atom is -0.325 e. The number of para-hydroxylation sites is 1. The van der Waals surface area contributed by atoms with E-state index in [1.807, 2.05) is 30.3 Å². The number of hydrogen-bond acceptors (Lipinski definition) is 4. The molecule has 0 aliphatic rings. The largest absolute Gasteiger partial charge is 0.325 e. The summed E-state index contributed by atoms with van der Waals surface area (Å²) in [5, 5.41) is 3.42. The number of thiazole rings is 1.